The van der Waals surface area contributed by atoms with Crippen LogP contribution in [0.4, 0.5) is 0 Å². The lowest BCUT2D eigenvalue weighted by molar-refractivity contribution is 0.562. The highest BCUT2D eigenvalue weighted by molar-refractivity contribution is 7.74. The third-order valence-electron chi connectivity index (χ3n) is 3.95. The molecule has 0 aliphatic carbocycles. The first kappa shape index (κ1) is 18.4. The summed E-state index contributed by atoms with van der Waals surface area (Å²) in [6, 6.07) is 0. The second kappa shape index (κ2) is 12.5. The first-order chi connectivity index (χ1) is 8.62. The molecular formula is C17H38P+. The topological polar surface area (TPSA) is 0 Å². The molecule has 0 fully saturated rings. The first-order valence-corrected chi connectivity index (χ1v) is 11.5. The van der Waals surface area contributed by atoms with Crippen LogP contribution in [-0.2, 0) is 0 Å². The van der Waals surface area contributed by atoms with E-state index in [-0.39, 0.29) is 0 Å². The van der Waals surface area contributed by atoms with Crippen LogP contribution in [0.2, 0.25) is 0 Å². The maximum absolute atomic E-state index is 2.55. The van der Waals surface area contributed by atoms with E-state index in [4.69, 9.17) is 0 Å². The van der Waals surface area contributed by atoms with Crippen LogP contribution in [0.1, 0.15) is 84.5 Å². The molecule has 110 valence electrons. The van der Waals surface area contributed by atoms with E-state index in [1.54, 1.807) is 0 Å². The second-order valence-corrected chi connectivity index (χ2v) is 11.3. The van der Waals surface area contributed by atoms with E-state index >= 15 is 0 Å². The number of unbranched alkanes of at least 4 members (excludes halogenated alkanes) is 9. The van der Waals surface area contributed by atoms with E-state index in [0.29, 0.717) is 0 Å². The summed E-state index contributed by atoms with van der Waals surface area (Å²) in [5.74, 6) is 0. The van der Waals surface area contributed by atoms with Crippen molar-refractivity contribution in [1.29, 1.82) is 0 Å². The van der Waals surface area contributed by atoms with Crippen molar-refractivity contribution in [1.82, 2.24) is 0 Å². The molecule has 0 aliphatic heterocycles. The summed E-state index contributed by atoms with van der Waals surface area (Å²) >= 11 is 0. The van der Waals surface area contributed by atoms with E-state index in [9.17, 15) is 0 Å². The van der Waals surface area contributed by atoms with Crippen molar-refractivity contribution >= 4 is 7.26 Å². The average Bonchev–Trinajstić information content (AvgIpc) is 2.31. The second-order valence-electron chi connectivity index (χ2n) is 6.56. The van der Waals surface area contributed by atoms with Crippen LogP contribution in [0.5, 0.6) is 0 Å². The SMILES string of the molecule is CCCCCCCCCCCC[P+](C)(C)CCC. The van der Waals surface area contributed by atoms with E-state index in [2.05, 4.69) is 27.2 Å². The fraction of sp³-hybridized carbons (Fsp3) is 1.00. The van der Waals surface area contributed by atoms with Gasteiger partial charge in [0.2, 0.25) is 0 Å². The summed E-state index contributed by atoms with van der Waals surface area (Å²) in [6.07, 6.45) is 19.1. The smallest absolute Gasteiger partial charge is 0.0589 e. The predicted octanol–water partition coefficient (Wildman–Crippen LogP) is 6.59. The van der Waals surface area contributed by atoms with Crippen molar-refractivity contribution in [3.05, 3.63) is 0 Å². The van der Waals surface area contributed by atoms with E-state index in [1.165, 1.54) is 83.0 Å². The summed E-state index contributed by atoms with van der Waals surface area (Å²) in [5.41, 5.74) is 0. The van der Waals surface area contributed by atoms with E-state index in [0.717, 1.165) is 0 Å². The fourth-order valence-electron chi connectivity index (χ4n) is 2.74. The third kappa shape index (κ3) is 12.9. The Bertz CT molecular complexity index is 163. The quantitative estimate of drug-likeness (QED) is 0.262. The Morgan fingerprint density at radius 3 is 1.39 bits per heavy atom. The van der Waals surface area contributed by atoms with Gasteiger partial charge in [-0.1, -0.05) is 65.2 Å². The molecular weight excluding hydrogens is 235 g/mol. The minimum Gasteiger partial charge on any atom is -0.0654 e. The first-order valence-electron chi connectivity index (χ1n) is 8.44. The molecule has 0 heterocycles. The molecule has 0 saturated carbocycles. The molecule has 0 aromatic rings. The molecule has 0 spiro atoms. The Balaban J connectivity index is 3.16. The zero-order valence-electron chi connectivity index (χ0n) is 13.6. The van der Waals surface area contributed by atoms with Crippen molar-refractivity contribution < 1.29 is 0 Å². The molecule has 0 atom stereocenters. The molecule has 0 bridgehead atoms. The summed E-state index contributed by atoms with van der Waals surface area (Å²) < 4.78 is 0. The van der Waals surface area contributed by atoms with Crippen molar-refractivity contribution in [2.45, 2.75) is 84.5 Å². The van der Waals surface area contributed by atoms with Crippen LogP contribution in [0, 0.1) is 0 Å². The van der Waals surface area contributed by atoms with Crippen LogP contribution >= 0.6 is 7.26 Å². The van der Waals surface area contributed by atoms with E-state index in [1.807, 2.05) is 0 Å². The number of hydrogen-bond acceptors (Lipinski definition) is 0. The molecule has 0 aromatic heterocycles. The summed E-state index contributed by atoms with van der Waals surface area (Å²) in [7, 11) is -0.517. The minimum absolute atomic E-state index is 0.517. The van der Waals surface area contributed by atoms with Crippen molar-refractivity contribution in [3.8, 4) is 0 Å². The Hall–Kier alpha value is 0.430. The van der Waals surface area contributed by atoms with Gasteiger partial charge in [0.1, 0.15) is 0 Å². The average molecular weight is 273 g/mol. The van der Waals surface area contributed by atoms with Gasteiger partial charge in [-0.3, -0.25) is 0 Å². The Labute approximate surface area is 118 Å². The summed E-state index contributed by atoms with van der Waals surface area (Å²) in [4.78, 5) is 0. The normalized spacial score (nSPS) is 12.0. The Kier molecular flexibility index (Phi) is 12.8. The van der Waals surface area contributed by atoms with Gasteiger partial charge in [-0.2, -0.15) is 0 Å². The minimum atomic E-state index is -0.517. The van der Waals surface area contributed by atoms with Gasteiger partial charge < -0.3 is 0 Å². The van der Waals surface area contributed by atoms with Gasteiger partial charge in [0, 0.05) is 20.6 Å². The molecule has 0 aromatic carbocycles. The lowest BCUT2D eigenvalue weighted by Gasteiger charge is -2.16. The van der Waals surface area contributed by atoms with Gasteiger partial charge >= 0.3 is 0 Å². The van der Waals surface area contributed by atoms with Gasteiger partial charge in [0.05, 0.1) is 12.3 Å². The molecule has 0 saturated heterocycles. The summed E-state index contributed by atoms with van der Waals surface area (Å²) in [5, 5.41) is 0. The summed E-state index contributed by atoms with van der Waals surface area (Å²) in [6.45, 7) is 9.72. The highest BCUT2D eigenvalue weighted by Gasteiger charge is 2.22. The fourth-order valence-corrected chi connectivity index (χ4v) is 5.26. The molecule has 0 unspecified atom stereocenters. The van der Waals surface area contributed by atoms with Crippen molar-refractivity contribution in [2.75, 3.05) is 25.7 Å². The molecule has 18 heavy (non-hydrogen) atoms. The van der Waals surface area contributed by atoms with Crippen LogP contribution < -0.4 is 0 Å². The molecule has 0 amide bonds. The van der Waals surface area contributed by atoms with Crippen molar-refractivity contribution in [2.24, 2.45) is 0 Å². The maximum atomic E-state index is 2.55. The number of hydrogen-bond donors (Lipinski definition) is 0. The highest BCUT2D eigenvalue weighted by Crippen LogP contribution is 2.52. The largest absolute Gasteiger partial charge is 0.0654 e. The van der Waals surface area contributed by atoms with Crippen LogP contribution in [0.15, 0.2) is 0 Å². The van der Waals surface area contributed by atoms with Crippen LogP contribution in [0.3, 0.4) is 0 Å². The zero-order chi connectivity index (χ0) is 13.7. The third-order valence-corrected chi connectivity index (χ3v) is 7.13. The predicted molar refractivity (Wildman–Crippen MR) is 90.6 cm³/mol. The van der Waals surface area contributed by atoms with Crippen LogP contribution in [-0.4, -0.2) is 25.7 Å². The Morgan fingerprint density at radius 2 is 0.944 bits per heavy atom. The lowest BCUT2D eigenvalue weighted by Crippen LogP contribution is -1.99. The van der Waals surface area contributed by atoms with Gasteiger partial charge in [-0.05, 0) is 19.3 Å². The van der Waals surface area contributed by atoms with Gasteiger partial charge in [-0.25, -0.2) is 0 Å². The molecule has 0 aliphatic rings. The molecule has 0 N–H and O–H groups in total. The molecule has 0 nitrogen and oxygen atoms in total. The van der Waals surface area contributed by atoms with Gasteiger partial charge in [-0.15, -0.1) is 0 Å². The van der Waals surface area contributed by atoms with Gasteiger partial charge in [0.25, 0.3) is 0 Å². The zero-order valence-corrected chi connectivity index (χ0v) is 14.5. The lowest BCUT2D eigenvalue weighted by atomic mass is 10.1. The molecule has 1 heteroatoms. The standard InChI is InChI=1S/C17H38P/c1-5-7-8-9-10-11-12-13-14-15-17-18(3,4)16-6-2/h5-17H2,1-4H3/q+1. The Morgan fingerprint density at radius 1 is 0.500 bits per heavy atom. The van der Waals surface area contributed by atoms with Gasteiger partial charge in [0.15, 0.2) is 0 Å². The number of rotatable bonds is 13. The van der Waals surface area contributed by atoms with Crippen LogP contribution in [0.25, 0.3) is 0 Å². The molecule has 0 rings (SSSR count). The van der Waals surface area contributed by atoms with Crippen molar-refractivity contribution in [3.63, 3.8) is 0 Å². The van der Waals surface area contributed by atoms with E-state index < -0.39 is 7.26 Å². The highest BCUT2D eigenvalue weighted by atomic mass is 31.2. The monoisotopic (exact) mass is 273 g/mol. The maximum Gasteiger partial charge on any atom is 0.0589 e. The molecule has 0 radical (unpaired) electrons.